The van der Waals surface area contributed by atoms with Gasteiger partial charge in [-0.05, 0) is 31.2 Å². The number of hydrogen-bond donors (Lipinski definition) is 0. The summed E-state index contributed by atoms with van der Waals surface area (Å²) in [5, 5.41) is 4.87. The molecule has 0 radical (unpaired) electrons. The van der Waals surface area contributed by atoms with Crippen LogP contribution in [-0.2, 0) is 7.05 Å². The molecule has 0 aromatic carbocycles. The molecule has 0 saturated heterocycles. The van der Waals surface area contributed by atoms with Crippen LogP contribution in [0.25, 0.3) is 33.7 Å². The summed E-state index contributed by atoms with van der Waals surface area (Å²) in [6.07, 6.45) is 5.54. The number of nitrogens with zero attached hydrogens (tertiary/aromatic N) is 5. The highest BCUT2D eigenvalue weighted by atomic mass is 16.5. The molecule has 0 unspecified atom stereocenters. The van der Waals surface area contributed by atoms with Crippen molar-refractivity contribution in [3.05, 3.63) is 48.7 Å². The van der Waals surface area contributed by atoms with Crippen molar-refractivity contribution in [3.63, 3.8) is 0 Å². The van der Waals surface area contributed by atoms with E-state index in [1.807, 2.05) is 36.0 Å². The summed E-state index contributed by atoms with van der Waals surface area (Å²) >= 11 is 0. The Kier molecular flexibility index (Phi) is 2.75. The first-order valence-corrected chi connectivity index (χ1v) is 6.89. The minimum absolute atomic E-state index is 0.483. The summed E-state index contributed by atoms with van der Waals surface area (Å²) in [6.45, 7) is 1.79. The van der Waals surface area contributed by atoms with Crippen LogP contribution < -0.4 is 0 Å². The Morgan fingerprint density at radius 3 is 2.73 bits per heavy atom. The van der Waals surface area contributed by atoms with Crippen LogP contribution in [0.1, 0.15) is 5.82 Å². The summed E-state index contributed by atoms with van der Waals surface area (Å²) in [6, 6.07) is 7.91. The number of fused-ring (bicyclic) bond motifs is 1. The summed E-state index contributed by atoms with van der Waals surface area (Å²) in [5.41, 5.74) is 3.69. The van der Waals surface area contributed by atoms with Crippen LogP contribution in [0.2, 0.25) is 0 Å². The van der Waals surface area contributed by atoms with Crippen LogP contribution in [0.4, 0.5) is 0 Å². The number of pyridine rings is 2. The van der Waals surface area contributed by atoms with Gasteiger partial charge in [0.2, 0.25) is 0 Å². The molecule has 0 bridgehead atoms. The normalized spacial score (nSPS) is 11.2. The molecule has 4 aromatic rings. The fourth-order valence-electron chi connectivity index (χ4n) is 2.48. The van der Waals surface area contributed by atoms with Gasteiger partial charge in [-0.3, -0.25) is 4.98 Å². The monoisotopic (exact) mass is 291 g/mol. The van der Waals surface area contributed by atoms with Crippen LogP contribution in [0, 0.1) is 6.92 Å². The average Bonchev–Trinajstić information content (AvgIpc) is 3.14. The molecule has 4 aromatic heterocycles. The Hall–Kier alpha value is -3.02. The van der Waals surface area contributed by atoms with Gasteiger partial charge < -0.3 is 9.09 Å². The highest BCUT2D eigenvalue weighted by molar-refractivity contribution is 5.92. The molecule has 0 fully saturated rings. The zero-order valence-corrected chi connectivity index (χ0v) is 12.2. The molecule has 0 aliphatic heterocycles. The van der Waals surface area contributed by atoms with Gasteiger partial charge >= 0.3 is 0 Å². The van der Waals surface area contributed by atoms with Crippen molar-refractivity contribution in [2.45, 2.75) is 6.92 Å². The molecule has 4 rings (SSSR count). The van der Waals surface area contributed by atoms with Gasteiger partial charge in [-0.15, -0.1) is 0 Å². The molecule has 0 N–H and O–H groups in total. The van der Waals surface area contributed by atoms with Crippen molar-refractivity contribution < 1.29 is 4.52 Å². The van der Waals surface area contributed by atoms with Crippen LogP contribution in [0.15, 0.2) is 47.4 Å². The predicted molar refractivity (Wildman–Crippen MR) is 82.0 cm³/mol. The zero-order valence-electron chi connectivity index (χ0n) is 12.2. The van der Waals surface area contributed by atoms with E-state index in [1.54, 1.807) is 19.3 Å². The maximum atomic E-state index is 5.16. The molecule has 6 heteroatoms. The Balaban J connectivity index is 1.79. The lowest BCUT2D eigenvalue weighted by Crippen LogP contribution is -1.90. The van der Waals surface area contributed by atoms with E-state index < -0.39 is 0 Å². The van der Waals surface area contributed by atoms with Gasteiger partial charge in [-0.2, -0.15) is 4.98 Å². The maximum absolute atomic E-state index is 5.16. The van der Waals surface area contributed by atoms with E-state index in [4.69, 9.17) is 4.52 Å². The van der Waals surface area contributed by atoms with Crippen molar-refractivity contribution >= 4 is 11.0 Å². The number of rotatable bonds is 2. The average molecular weight is 291 g/mol. The van der Waals surface area contributed by atoms with Crippen molar-refractivity contribution in [3.8, 4) is 22.7 Å². The van der Waals surface area contributed by atoms with Gasteiger partial charge in [0.25, 0.3) is 5.89 Å². The molecule has 22 heavy (non-hydrogen) atoms. The van der Waals surface area contributed by atoms with Crippen LogP contribution in [0.3, 0.4) is 0 Å². The standard InChI is InChI=1S/C16H13N5O/c1-10-19-16(22-20-10)11-3-4-14(18-9-11)12-5-7-17-15-13(12)6-8-21(15)2/h3-9H,1-2H3. The lowest BCUT2D eigenvalue weighted by Gasteiger charge is -2.04. The molecule has 0 saturated carbocycles. The smallest absolute Gasteiger partial charge is 0.259 e. The topological polar surface area (TPSA) is 69.6 Å². The number of aryl methyl sites for hydroxylation is 2. The molecule has 6 nitrogen and oxygen atoms in total. The molecular formula is C16H13N5O. The van der Waals surface area contributed by atoms with Gasteiger partial charge in [-0.1, -0.05) is 5.16 Å². The van der Waals surface area contributed by atoms with Gasteiger partial charge in [0.15, 0.2) is 5.82 Å². The lowest BCUT2D eigenvalue weighted by molar-refractivity contribution is 0.425. The summed E-state index contributed by atoms with van der Waals surface area (Å²) in [5.74, 6) is 1.09. The minimum atomic E-state index is 0.483. The minimum Gasteiger partial charge on any atom is -0.336 e. The van der Waals surface area contributed by atoms with Crippen molar-refractivity contribution in [2.24, 2.45) is 7.05 Å². The lowest BCUT2D eigenvalue weighted by atomic mass is 10.1. The van der Waals surface area contributed by atoms with Crippen molar-refractivity contribution in [1.82, 2.24) is 24.7 Å². The van der Waals surface area contributed by atoms with E-state index in [9.17, 15) is 0 Å². The third-order valence-electron chi connectivity index (χ3n) is 3.58. The van der Waals surface area contributed by atoms with Crippen LogP contribution in [-0.4, -0.2) is 24.7 Å². The maximum Gasteiger partial charge on any atom is 0.259 e. The Labute approximate surface area is 126 Å². The highest BCUT2D eigenvalue weighted by Crippen LogP contribution is 2.27. The fourth-order valence-corrected chi connectivity index (χ4v) is 2.48. The summed E-state index contributed by atoms with van der Waals surface area (Å²) in [4.78, 5) is 13.1. The second kappa shape index (κ2) is 4.77. The summed E-state index contributed by atoms with van der Waals surface area (Å²) in [7, 11) is 1.98. The first-order valence-electron chi connectivity index (χ1n) is 6.89. The van der Waals surface area contributed by atoms with Gasteiger partial charge in [0, 0.05) is 36.6 Å². The van der Waals surface area contributed by atoms with E-state index in [0.29, 0.717) is 11.7 Å². The van der Waals surface area contributed by atoms with E-state index in [1.165, 1.54) is 0 Å². The molecule has 0 aliphatic carbocycles. The Morgan fingerprint density at radius 1 is 1.09 bits per heavy atom. The molecule has 0 atom stereocenters. The fraction of sp³-hybridized carbons (Fsp3) is 0.125. The molecule has 0 amide bonds. The van der Waals surface area contributed by atoms with Gasteiger partial charge in [-0.25, -0.2) is 4.98 Å². The van der Waals surface area contributed by atoms with E-state index in [0.717, 1.165) is 27.9 Å². The van der Waals surface area contributed by atoms with E-state index in [-0.39, 0.29) is 0 Å². The second-order valence-electron chi connectivity index (χ2n) is 5.10. The number of hydrogen-bond acceptors (Lipinski definition) is 5. The number of aromatic nitrogens is 5. The Bertz CT molecular complexity index is 952. The third-order valence-corrected chi connectivity index (χ3v) is 3.58. The van der Waals surface area contributed by atoms with Crippen molar-refractivity contribution in [2.75, 3.05) is 0 Å². The third kappa shape index (κ3) is 1.96. The zero-order chi connectivity index (χ0) is 15.1. The van der Waals surface area contributed by atoms with E-state index >= 15 is 0 Å². The largest absolute Gasteiger partial charge is 0.336 e. The molecule has 4 heterocycles. The molecule has 0 spiro atoms. The second-order valence-corrected chi connectivity index (χ2v) is 5.10. The SMILES string of the molecule is Cc1noc(-c2ccc(-c3ccnc4c3ccn4C)nc2)n1. The van der Waals surface area contributed by atoms with Crippen molar-refractivity contribution in [1.29, 1.82) is 0 Å². The quantitative estimate of drug-likeness (QED) is 0.568. The Morgan fingerprint density at radius 2 is 2.00 bits per heavy atom. The van der Waals surface area contributed by atoms with Crippen LogP contribution >= 0.6 is 0 Å². The predicted octanol–water partition coefficient (Wildman–Crippen LogP) is 2.99. The molecule has 0 aliphatic rings. The highest BCUT2D eigenvalue weighted by Gasteiger charge is 2.10. The van der Waals surface area contributed by atoms with E-state index in [2.05, 4.69) is 26.2 Å². The first-order chi connectivity index (χ1) is 10.7. The molecule has 108 valence electrons. The van der Waals surface area contributed by atoms with Gasteiger partial charge in [0.05, 0.1) is 11.3 Å². The molecular weight excluding hydrogens is 278 g/mol. The first kappa shape index (κ1) is 12.7. The summed E-state index contributed by atoms with van der Waals surface area (Å²) < 4.78 is 7.15. The van der Waals surface area contributed by atoms with Crippen LogP contribution in [0.5, 0.6) is 0 Å². The van der Waals surface area contributed by atoms with Gasteiger partial charge in [0.1, 0.15) is 5.65 Å².